The van der Waals surface area contributed by atoms with Crippen LogP contribution in [0, 0.1) is 0 Å². The van der Waals surface area contributed by atoms with Crippen molar-refractivity contribution in [3.8, 4) is 0 Å². The Balaban J connectivity index is 0.000000335. The van der Waals surface area contributed by atoms with Crippen molar-refractivity contribution in [3.63, 3.8) is 0 Å². The van der Waals surface area contributed by atoms with E-state index in [0.29, 0.717) is 47.7 Å². The van der Waals surface area contributed by atoms with Gasteiger partial charge in [0.2, 0.25) is 0 Å². The van der Waals surface area contributed by atoms with Crippen molar-refractivity contribution < 1.29 is 14.3 Å². The van der Waals surface area contributed by atoms with Crippen LogP contribution in [-0.4, -0.2) is 43.7 Å². The van der Waals surface area contributed by atoms with Gasteiger partial charge in [-0.1, -0.05) is 24.6 Å². The molecule has 0 saturated heterocycles. The highest BCUT2D eigenvalue weighted by atomic mass is 79.9. The van der Waals surface area contributed by atoms with E-state index in [1.807, 2.05) is 27.7 Å². The molecule has 14 heteroatoms. The average Bonchev–Trinajstić information content (AvgIpc) is 2.79. The molecule has 0 fully saturated rings. The number of primary amides is 1. The Morgan fingerprint density at radius 2 is 1.84 bits per heavy atom. The van der Waals surface area contributed by atoms with E-state index in [1.54, 1.807) is 22.8 Å². The van der Waals surface area contributed by atoms with Crippen LogP contribution in [0.25, 0.3) is 10.9 Å². The number of nitrogen functional groups attached to an aromatic ring is 2. The first-order valence-electron chi connectivity index (χ1n) is 11.3. The zero-order valence-electron chi connectivity index (χ0n) is 21.0. The van der Waals surface area contributed by atoms with Crippen LogP contribution in [0.2, 0.25) is 5.02 Å². The number of aromatic nitrogens is 4. The van der Waals surface area contributed by atoms with E-state index in [1.165, 1.54) is 0 Å². The molecular formula is C23H30BrClN8O4. The monoisotopic (exact) mass is 596 g/mol. The van der Waals surface area contributed by atoms with Gasteiger partial charge in [-0.15, -0.1) is 0 Å². The first-order valence-corrected chi connectivity index (χ1v) is 12.4. The first-order chi connectivity index (χ1) is 17.2. The molecule has 0 spiro atoms. The summed E-state index contributed by atoms with van der Waals surface area (Å²) in [7, 11) is 0. The fraction of sp³-hybridized carbons (Fsp3) is 0.391. The number of carbonyl (C=O) groups excluding carboxylic acids is 2. The Bertz CT molecular complexity index is 1360. The molecule has 0 bridgehead atoms. The fourth-order valence-electron chi connectivity index (χ4n) is 3.13. The summed E-state index contributed by atoms with van der Waals surface area (Å²) >= 11 is 9.15. The lowest BCUT2D eigenvalue weighted by atomic mass is 10.2. The number of hydrogen-bond donors (Lipinski definition) is 4. The Kier molecular flexibility index (Phi) is 10.2. The molecule has 0 aliphatic rings. The minimum Gasteiger partial charge on any atom is -0.444 e. The molecule has 0 aliphatic heterocycles. The van der Waals surface area contributed by atoms with Gasteiger partial charge in [0, 0.05) is 19.5 Å². The molecule has 0 radical (unpaired) electrons. The van der Waals surface area contributed by atoms with E-state index >= 15 is 0 Å². The van der Waals surface area contributed by atoms with E-state index in [4.69, 9.17) is 33.5 Å². The van der Waals surface area contributed by atoms with Crippen LogP contribution < -0.4 is 28.1 Å². The van der Waals surface area contributed by atoms with Gasteiger partial charge in [0.15, 0.2) is 17.3 Å². The summed E-state index contributed by atoms with van der Waals surface area (Å²) in [6.07, 6.45) is 0.760. The van der Waals surface area contributed by atoms with Crippen LogP contribution >= 0.6 is 27.5 Å². The molecule has 0 unspecified atom stereocenters. The average molecular weight is 598 g/mol. The Morgan fingerprint density at radius 3 is 2.43 bits per heavy atom. The second kappa shape index (κ2) is 12.7. The van der Waals surface area contributed by atoms with E-state index in [2.05, 4.69) is 36.2 Å². The highest BCUT2D eigenvalue weighted by Gasteiger charge is 2.16. The lowest BCUT2D eigenvalue weighted by Crippen LogP contribution is -2.34. The molecule has 37 heavy (non-hydrogen) atoms. The molecule has 200 valence electrons. The molecule has 7 N–H and O–H groups in total. The number of nitrogens with two attached hydrogens (primary N) is 3. The third kappa shape index (κ3) is 8.29. The summed E-state index contributed by atoms with van der Waals surface area (Å²) in [5.74, 6) is 0.0263. The highest BCUT2D eigenvalue weighted by molar-refractivity contribution is 9.10. The summed E-state index contributed by atoms with van der Waals surface area (Å²) in [6.45, 7) is 8.24. The zero-order valence-corrected chi connectivity index (χ0v) is 23.3. The normalized spacial score (nSPS) is 11.0. The predicted octanol–water partition coefficient (Wildman–Crippen LogP) is 3.03. The maximum Gasteiger partial charge on any atom is 0.407 e. The van der Waals surface area contributed by atoms with Gasteiger partial charge >= 0.3 is 6.09 Å². The lowest BCUT2D eigenvalue weighted by Gasteiger charge is -2.19. The largest absolute Gasteiger partial charge is 0.444 e. The molecular weight excluding hydrogens is 568 g/mol. The topological polar surface area (TPSA) is 194 Å². The second-order valence-electron chi connectivity index (χ2n) is 8.75. The SMILES string of the molecule is CCc1nc2cccc(Cl)c2c(=O)n1CCCNC(=O)OC(C)(C)C.NC(=O)c1nc(Br)c(N)nc1N. The van der Waals surface area contributed by atoms with E-state index < -0.39 is 17.6 Å². The second-order valence-corrected chi connectivity index (χ2v) is 9.91. The van der Waals surface area contributed by atoms with Crippen LogP contribution in [0.5, 0.6) is 0 Å². The van der Waals surface area contributed by atoms with Gasteiger partial charge in [-0.3, -0.25) is 14.2 Å². The minimum atomic E-state index is -0.735. The van der Waals surface area contributed by atoms with Gasteiger partial charge in [-0.2, -0.15) is 0 Å². The van der Waals surface area contributed by atoms with Crippen molar-refractivity contribution in [1.82, 2.24) is 24.8 Å². The van der Waals surface area contributed by atoms with Gasteiger partial charge in [-0.25, -0.2) is 19.7 Å². The summed E-state index contributed by atoms with van der Waals surface area (Å²) in [4.78, 5) is 47.0. The van der Waals surface area contributed by atoms with Gasteiger partial charge in [0.05, 0.1) is 15.9 Å². The Morgan fingerprint density at radius 1 is 1.16 bits per heavy atom. The number of alkyl carbamates (subject to hydrolysis) is 1. The van der Waals surface area contributed by atoms with Crippen molar-refractivity contribution in [1.29, 1.82) is 0 Å². The number of nitrogens with zero attached hydrogens (tertiary/aromatic N) is 4. The molecule has 0 saturated carbocycles. The third-order valence-corrected chi connectivity index (χ3v) is 5.59. The number of halogens is 2. The zero-order chi connectivity index (χ0) is 27.9. The number of rotatable bonds is 6. The molecule has 3 rings (SSSR count). The smallest absolute Gasteiger partial charge is 0.407 e. The molecule has 0 aliphatic carbocycles. The Labute approximate surface area is 227 Å². The van der Waals surface area contributed by atoms with Crippen LogP contribution in [0.4, 0.5) is 16.4 Å². The lowest BCUT2D eigenvalue weighted by molar-refractivity contribution is 0.0526. The summed E-state index contributed by atoms with van der Waals surface area (Å²) in [6, 6.07) is 5.26. The van der Waals surface area contributed by atoms with Gasteiger partial charge < -0.3 is 27.3 Å². The molecule has 2 aromatic heterocycles. The van der Waals surface area contributed by atoms with Crippen molar-refractivity contribution in [2.24, 2.45) is 5.73 Å². The standard InChI is InChI=1S/C18H24ClN3O3.C5H6BrN5O/c1-5-14-21-13-9-6-8-12(19)15(13)16(23)22(14)11-7-10-20-17(24)25-18(2,3)4;6-2-4(8)11-3(7)1(10-2)5(9)12/h6,8-9H,5,7,10-11H2,1-4H3,(H,20,24);(H2,9,12)(H4,7,8,11). The number of nitrogens with one attached hydrogen (secondary N) is 1. The number of carbonyl (C=O) groups is 2. The number of fused-ring (bicyclic) bond motifs is 1. The number of hydrogen-bond acceptors (Lipinski definition) is 9. The van der Waals surface area contributed by atoms with Crippen molar-refractivity contribution in [2.45, 2.75) is 52.7 Å². The van der Waals surface area contributed by atoms with Crippen molar-refractivity contribution in [3.05, 3.63) is 49.7 Å². The minimum absolute atomic E-state index is 0.0665. The van der Waals surface area contributed by atoms with Gasteiger partial charge in [-0.05, 0) is 55.3 Å². The molecule has 1 aromatic carbocycles. The highest BCUT2D eigenvalue weighted by Crippen LogP contribution is 2.19. The summed E-state index contributed by atoms with van der Waals surface area (Å²) in [5.41, 5.74) is 15.4. The molecule has 2 heterocycles. The van der Waals surface area contributed by atoms with E-state index in [9.17, 15) is 14.4 Å². The molecule has 3 aromatic rings. The van der Waals surface area contributed by atoms with Gasteiger partial charge in [0.1, 0.15) is 16.0 Å². The molecule has 2 amide bonds. The van der Waals surface area contributed by atoms with Gasteiger partial charge in [0.25, 0.3) is 11.5 Å². The van der Waals surface area contributed by atoms with Crippen LogP contribution in [0.15, 0.2) is 27.6 Å². The number of benzene rings is 1. The quantitative estimate of drug-likeness (QED) is 0.309. The Hall–Kier alpha value is -3.45. The molecule has 12 nitrogen and oxygen atoms in total. The predicted molar refractivity (Wildman–Crippen MR) is 146 cm³/mol. The third-order valence-electron chi connectivity index (χ3n) is 4.69. The molecule has 0 atom stereocenters. The number of ether oxygens (including phenoxy) is 1. The van der Waals surface area contributed by atoms with Crippen LogP contribution in [-0.2, 0) is 17.7 Å². The number of aryl methyl sites for hydroxylation is 1. The summed E-state index contributed by atoms with van der Waals surface area (Å²) < 4.78 is 7.07. The maximum atomic E-state index is 12.8. The first kappa shape index (κ1) is 29.8. The summed E-state index contributed by atoms with van der Waals surface area (Å²) in [5, 5.41) is 3.53. The van der Waals surface area contributed by atoms with E-state index in [-0.39, 0.29) is 27.5 Å². The van der Waals surface area contributed by atoms with Crippen LogP contribution in [0.3, 0.4) is 0 Å². The number of anilines is 2. The van der Waals surface area contributed by atoms with Crippen molar-refractivity contribution >= 4 is 62.1 Å². The maximum absolute atomic E-state index is 12.8. The van der Waals surface area contributed by atoms with E-state index in [0.717, 1.165) is 0 Å². The number of amides is 2. The van der Waals surface area contributed by atoms with Crippen molar-refractivity contribution in [2.75, 3.05) is 18.0 Å². The van der Waals surface area contributed by atoms with Crippen LogP contribution in [0.1, 0.15) is 50.4 Å². The fourth-order valence-corrected chi connectivity index (χ4v) is 3.65.